The van der Waals surface area contributed by atoms with Gasteiger partial charge in [-0.15, -0.1) is 0 Å². The molecule has 0 amide bonds. The largest absolute Gasteiger partial charge is 0.478 e. The van der Waals surface area contributed by atoms with E-state index < -0.39 is 5.97 Å². The molecule has 0 unspecified atom stereocenters. The van der Waals surface area contributed by atoms with Crippen LogP contribution in [0.3, 0.4) is 0 Å². The molecule has 2 rings (SSSR count). The summed E-state index contributed by atoms with van der Waals surface area (Å²) in [5.74, 6) is -0.878. The van der Waals surface area contributed by atoms with Gasteiger partial charge in [-0.3, -0.25) is 0 Å². The van der Waals surface area contributed by atoms with Crippen LogP contribution in [0.25, 0.3) is 10.9 Å². The molecule has 108 valence electrons. The van der Waals surface area contributed by atoms with Gasteiger partial charge >= 0.3 is 5.97 Å². The number of aromatic nitrogens is 1. The van der Waals surface area contributed by atoms with Crippen LogP contribution in [-0.4, -0.2) is 27.4 Å². The highest BCUT2D eigenvalue weighted by molar-refractivity contribution is 6.04. The average Bonchev–Trinajstić information content (AvgIpc) is 2.74. The van der Waals surface area contributed by atoms with Crippen LogP contribution in [0, 0.1) is 6.92 Å². The molecule has 0 saturated carbocycles. The summed E-state index contributed by atoms with van der Waals surface area (Å²) >= 11 is 0. The molecule has 0 saturated heterocycles. The summed E-state index contributed by atoms with van der Waals surface area (Å²) in [6, 6.07) is 3.86. The third-order valence-electron chi connectivity index (χ3n) is 3.61. The second-order valence-corrected chi connectivity index (χ2v) is 5.13. The zero-order valence-corrected chi connectivity index (χ0v) is 12.0. The van der Waals surface area contributed by atoms with Crippen molar-refractivity contribution in [1.82, 2.24) is 4.57 Å². The molecule has 0 aliphatic carbocycles. The number of aliphatic hydroxyl groups is 1. The van der Waals surface area contributed by atoms with Gasteiger partial charge in [0.25, 0.3) is 0 Å². The Morgan fingerprint density at radius 2 is 2.10 bits per heavy atom. The normalized spacial score (nSPS) is 11.2. The number of carboxylic acid groups (broad SMARTS) is 1. The topological polar surface area (TPSA) is 62.5 Å². The van der Waals surface area contributed by atoms with E-state index in [4.69, 9.17) is 5.11 Å². The summed E-state index contributed by atoms with van der Waals surface area (Å²) < 4.78 is 2.04. The fourth-order valence-corrected chi connectivity index (χ4v) is 2.73. The molecule has 0 spiro atoms. The number of carbonyl (C=O) groups is 1. The molecule has 2 N–H and O–H groups in total. The first-order valence-corrected chi connectivity index (χ1v) is 7.05. The van der Waals surface area contributed by atoms with Crippen LogP contribution in [0.5, 0.6) is 0 Å². The van der Waals surface area contributed by atoms with Crippen LogP contribution in [-0.2, 0) is 13.0 Å². The van der Waals surface area contributed by atoms with Crippen molar-refractivity contribution < 1.29 is 15.0 Å². The summed E-state index contributed by atoms with van der Waals surface area (Å²) in [5.41, 5.74) is 3.11. The molecule has 1 heterocycles. The zero-order valence-electron chi connectivity index (χ0n) is 12.0. The lowest BCUT2D eigenvalue weighted by Crippen LogP contribution is -2.05. The van der Waals surface area contributed by atoms with Gasteiger partial charge in [0.05, 0.1) is 11.1 Å². The molecule has 4 nitrogen and oxygen atoms in total. The smallest absolute Gasteiger partial charge is 0.338 e. The van der Waals surface area contributed by atoms with Gasteiger partial charge in [0.15, 0.2) is 0 Å². The molecule has 1 aromatic carbocycles. The van der Waals surface area contributed by atoms with Gasteiger partial charge in [0.1, 0.15) is 0 Å². The van der Waals surface area contributed by atoms with E-state index in [0.717, 1.165) is 41.4 Å². The zero-order chi connectivity index (χ0) is 14.7. The van der Waals surface area contributed by atoms with Gasteiger partial charge in [-0.25, -0.2) is 4.79 Å². The van der Waals surface area contributed by atoms with E-state index in [0.29, 0.717) is 12.0 Å². The van der Waals surface area contributed by atoms with Crippen molar-refractivity contribution in [2.24, 2.45) is 0 Å². The highest BCUT2D eigenvalue weighted by atomic mass is 16.4. The van der Waals surface area contributed by atoms with Gasteiger partial charge in [0, 0.05) is 24.7 Å². The van der Waals surface area contributed by atoms with Gasteiger partial charge in [-0.2, -0.15) is 0 Å². The number of carboxylic acids is 1. The molecule has 20 heavy (non-hydrogen) atoms. The van der Waals surface area contributed by atoms with Crippen LogP contribution < -0.4 is 0 Å². The fraction of sp³-hybridized carbons (Fsp3) is 0.438. The maximum absolute atomic E-state index is 11.6. The van der Waals surface area contributed by atoms with Crippen LogP contribution >= 0.6 is 0 Å². The molecule has 0 bridgehead atoms. The van der Waals surface area contributed by atoms with E-state index in [1.54, 1.807) is 0 Å². The van der Waals surface area contributed by atoms with E-state index in [1.165, 1.54) is 0 Å². The van der Waals surface area contributed by atoms with Crippen molar-refractivity contribution in [3.63, 3.8) is 0 Å². The van der Waals surface area contributed by atoms with Gasteiger partial charge in [0.2, 0.25) is 0 Å². The third-order valence-corrected chi connectivity index (χ3v) is 3.61. The Morgan fingerprint density at radius 3 is 2.70 bits per heavy atom. The lowest BCUT2D eigenvalue weighted by Gasteiger charge is -2.08. The van der Waals surface area contributed by atoms with Crippen LogP contribution in [0.15, 0.2) is 18.3 Å². The Hall–Kier alpha value is -1.81. The Balaban J connectivity index is 2.68. The van der Waals surface area contributed by atoms with Crippen LogP contribution in [0.2, 0.25) is 0 Å². The molecule has 4 heteroatoms. The molecular weight excluding hydrogens is 254 g/mol. The average molecular weight is 275 g/mol. The number of aryl methyl sites for hydroxylation is 3. The van der Waals surface area contributed by atoms with Gasteiger partial charge in [-0.05, 0) is 37.3 Å². The minimum atomic E-state index is -0.878. The van der Waals surface area contributed by atoms with Crippen molar-refractivity contribution in [3.05, 3.63) is 35.0 Å². The van der Waals surface area contributed by atoms with E-state index in [2.05, 4.69) is 6.92 Å². The number of rotatable bonds is 6. The first-order chi connectivity index (χ1) is 9.60. The number of hydrogen-bond acceptors (Lipinski definition) is 2. The monoisotopic (exact) mass is 275 g/mol. The predicted octanol–water partition coefficient (Wildman–Crippen LogP) is 2.98. The molecule has 0 aliphatic rings. The second kappa shape index (κ2) is 6.09. The second-order valence-electron chi connectivity index (χ2n) is 5.13. The highest BCUT2D eigenvalue weighted by Gasteiger charge is 2.18. The van der Waals surface area contributed by atoms with E-state index in [9.17, 15) is 9.90 Å². The summed E-state index contributed by atoms with van der Waals surface area (Å²) in [7, 11) is 0. The number of hydrogen-bond donors (Lipinski definition) is 2. The Labute approximate surface area is 118 Å². The summed E-state index contributed by atoms with van der Waals surface area (Å²) in [6.45, 7) is 4.87. The number of aromatic carboxylic acids is 1. The van der Waals surface area contributed by atoms with Crippen molar-refractivity contribution in [3.8, 4) is 0 Å². The van der Waals surface area contributed by atoms with Gasteiger partial charge in [-0.1, -0.05) is 19.1 Å². The van der Waals surface area contributed by atoms with Crippen molar-refractivity contribution in [1.29, 1.82) is 0 Å². The van der Waals surface area contributed by atoms with E-state index in [1.807, 2.05) is 29.8 Å². The molecule has 0 fully saturated rings. The first kappa shape index (κ1) is 14.6. The lowest BCUT2D eigenvalue weighted by molar-refractivity contribution is 0.0698. The summed E-state index contributed by atoms with van der Waals surface area (Å²) in [4.78, 5) is 11.6. The summed E-state index contributed by atoms with van der Waals surface area (Å²) in [6.07, 6.45) is 4.46. The first-order valence-electron chi connectivity index (χ1n) is 7.05. The molecule has 0 aliphatic heterocycles. The minimum absolute atomic E-state index is 0.151. The van der Waals surface area contributed by atoms with Crippen molar-refractivity contribution in [2.45, 2.75) is 39.7 Å². The Kier molecular flexibility index (Phi) is 4.45. The highest BCUT2D eigenvalue weighted by Crippen LogP contribution is 2.28. The van der Waals surface area contributed by atoms with Crippen LogP contribution in [0.1, 0.15) is 41.3 Å². The maximum Gasteiger partial charge on any atom is 0.338 e. The standard InChI is InChI=1S/C16H21NO3/c1-3-8-17-10-12(5-4-9-18)13-7-6-11(2)14(15(13)17)16(19)20/h6-7,10,18H,3-5,8-9H2,1-2H3,(H,19,20). The fourth-order valence-electron chi connectivity index (χ4n) is 2.73. The molecular formula is C16H21NO3. The number of benzene rings is 1. The SMILES string of the molecule is CCCn1cc(CCCO)c2ccc(C)c(C(=O)O)c21. The number of nitrogens with zero attached hydrogens (tertiary/aromatic N) is 1. The van der Waals surface area contributed by atoms with E-state index in [-0.39, 0.29) is 6.61 Å². The Morgan fingerprint density at radius 1 is 1.35 bits per heavy atom. The van der Waals surface area contributed by atoms with Crippen molar-refractivity contribution >= 4 is 16.9 Å². The van der Waals surface area contributed by atoms with Crippen LogP contribution in [0.4, 0.5) is 0 Å². The number of aliphatic hydroxyl groups excluding tert-OH is 1. The Bertz CT molecular complexity index is 628. The molecule has 2 aromatic rings. The predicted molar refractivity (Wildman–Crippen MR) is 79.3 cm³/mol. The van der Waals surface area contributed by atoms with Crippen molar-refractivity contribution in [2.75, 3.05) is 6.61 Å². The minimum Gasteiger partial charge on any atom is -0.478 e. The molecule has 0 radical (unpaired) electrons. The molecule has 1 aromatic heterocycles. The third kappa shape index (κ3) is 2.56. The maximum atomic E-state index is 11.6. The number of fused-ring (bicyclic) bond motifs is 1. The lowest BCUT2D eigenvalue weighted by atomic mass is 10.0. The summed E-state index contributed by atoms with van der Waals surface area (Å²) in [5, 5.41) is 19.5. The molecule has 0 atom stereocenters. The quantitative estimate of drug-likeness (QED) is 0.852. The van der Waals surface area contributed by atoms with Gasteiger partial charge < -0.3 is 14.8 Å². The van der Waals surface area contributed by atoms with E-state index >= 15 is 0 Å².